The maximum absolute atomic E-state index is 12.8. The van der Waals surface area contributed by atoms with Gasteiger partial charge in [-0.25, -0.2) is 4.79 Å². The topological polar surface area (TPSA) is 83.9 Å². The van der Waals surface area contributed by atoms with Gasteiger partial charge in [-0.1, -0.05) is 30.3 Å². The van der Waals surface area contributed by atoms with Crippen molar-refractivity contribution >= 4 is 34.1 Å². The monoisotopic (exact) mass is 403 g/mol. The Morgan fingerprint density at radius 2 is 1.83 bits per heavy atom. The Balaban J connectivity index is 1.52. The van der Waals surface area contributed by atoms with Gasteiger partial charge in [-0.15, -0.1) is 0 Å². The molecule has 1 N–H and O–H groups in total. The molecule has 0 aromatic heterocycles. The lowest BCUT2D eigenvalue weighted by Gasteiger charge is -2.16. The smallest absolute Gasteiger partial charge is 0.342 e. The molecule has 4 rings (SSSR count). The van der Waals surface area contributed by atoms with E-state index in [0.29, 0.717) is 23.9 Å². The van der Waals surface area contributed by atoms with Crippen LogP contribution in [-0.2, 0) is 16.0 Å². The molecule has 3 aromatic carbocycles. The molecule has 1 heterocycles. The van der Waals surface area contributed by atoms with Gasteiger partial charge in [0, 0.05) is 30.1 Å². The van der Waals surface area contributed by atoms with Gasteiger partial charge in [-0.05, 0) is 48.6 Å². The minimum atomic E-state index is -1.02. The fraction of sp³-hybridized carbons (Fsp3) is 0.208. The Morgan fingerprint density at radius 3 is 2.60 bits per heavy atom. The Bertz CT molecular complexity index is 1180. The van der Waals surface area contributed by atoms with Crippen molar-refractivity contribution in [3.63, 3.8) is 0 Å². The summed E-state index contributed by atoms with van der Waals surface area (Å²) in [6.07, 6.45) is -0.346. The highest BCUT2D eigenvalue weighted by atomic mass is 16.5. The number of phenols is 1. The second-order valence-corrected chi connectivity index (χ2v) is 7.36. The number of anilines is 1. The number of amides is 1. The van der Waals surface area contributed by atoms with Gasteiger partial charge >= 0.3 is 5.97 Å². The Labute approximate surface area is 173 Å². The fourth-order valence-corrected chi connectivity index (χ4v) is 3.81. The zero-order valence-electron chi connectivity index (χ0n) is 16.7. The van der Waals surface area contributed by atoms with Crippen LogP contribution >= 0.6 is 0 Å². The summed E-state index contributed by atoms with van der Waals surface area (Å²) in [6, 6.07) is 15.5. The number of hydrogen-bond donors (Lipinski definition) is 1. The van der Waals surface area contributed by atoms with Gasteiger partial charge in [0.2, 0.25) is 11.7 Å². The highest BCUT2D eigenvalue weighted by Crippen LogP contribution is 2.31. The molecule has 6 heteroatoms. The molecule has 1 atom stereocenters. The molecule has 152 valence electrons. The predicted molar refractivity (Wildman–Crippen MR) is 113 cm³/mol. The van der Waals surface area contributed by atoms with Gasteiger partial charge in [-0.3, -0.25) is 9.59 Å². The van der Waals surface area contributed by atoms with Crippen LogP contribution in [0.1, 0.15) is 40.1 Å². The second kappa shape index (κ2) is 7.63. The largest absolute Gasteiger partial charge is 0.506 e. The zero-order chi connectivity index (χ0) is 21.4. The first-order valence-electron chi connectivity index (χ1n) is 9.73. The van der Waals surface area contributed by atoms with E-state index in [-0.39, 0.29) is 23.0 Å². The summed E-state index contributed by atoms with van der Waals surface area (Å²) >= 11 is 0. The number of ketones is 1. The summed E-state index contributed by atoms with van der Waals surface area (Å²) < 4.78 is 5.35. The number of benzene rings is 3. The van der Waals surface area contributed by atoms with Crippen LogP contribution in [0.4, 0.5) is 5.69 Å². The normalized spacial score (nSPS) is 13.7. The minimum Gasteiger partial charge on any atom is -0.506 e. The number of carbonyl (C=O) groups excluding carboxylic acids is 3. The molecule has 0 aliphatic carbocycles. The Kier molecular flexibility index (Phi) is 4.99. The van der Waals surface area contributed by atoms with Crippen molar-refractivity contribution in [2.24, 2.45) is 0 Å². The number of phenolic OH excluding ortho intramolecular Hbond substituents is 1. The SMILES string of the molecule is CC(=O)N1CCc2cc(C(=O)C(C)OC(=O)c3ccc4ccccc4c3O)ccc21. The number of esters is 1. The van der Waals surface area contributed by atoms with Crippen molar-refractivity contribution in [3.05, 3.63) is 71.3 Å². The summed E-state index contributed by atoms with van der Waals surface area (Å²) in [5.41, 5.74) is 2.16. The lowest BCUT2D eigenvalue weighted by atomic mass is 10.0. The van der Waals surface area contributed by atoms with Crippen molar-refractivity contribution in [2.75, 3.05) is 11.4 Å². The first kappa shape index (κ1) is 19.6. The Morgan fingerprint density at radius 1 is 1.07 bits per heavy atom. The number of rotatable bonds is 4. The average Bonchev–Trinajstić information content (AvgIpc) is 3.17. The molecule has 0 radical (unpaired) electrons. The summed E-state index contributed by atoms with van der Waals surface area (Å²) in [7, 11) is 0. The molecule has 0 saturated carbocycles. The molecule has 1 amide bonds. The minimum absolute atomic E-state index is 0.0133. The van der Waals surface area contributed by atoms with Crippen LogP contribution in [0.2, 0.25) is 0 Å². The maximum atomic E-state index is 12.8. The van der Waals surface area contributed by atoms with Crippen LogP contribution < -0.4 is 4.90 Å². The van der Waals surface area contributed by atoms with E-state index in [0.717, 1.165) is 16.6 Å². The molecular formula is C24H21NO5. The van der Waals surface area contributed by atoms with E-state index >= 15 is 0 Å². The van der Waals surface area contributed by atoms with Gasteiger partial charge in [0.15, 0.2) is 6.10 Å². The van der Waals surface area contributed by atoms with E-state index in [4.69, 9.17) is 4.74 Å². The van der Waals surface area contributed by atoms with E-state index in [1.807, 2.05) is 12.1 Å². The molecule has 0 spiro atoms. The van der Waals surface area contributed by atoms with Crippen molar-refractivity contribution in [1.82, 2.24) is 0 Å². The number of aromatic hydroxyl groups is 1. The molecule has 1 unspecified atom stereocenters. The maximum Gasteiger partial charge on any atom is 0.342 e. The highest BCUT2D eigenvalue weighted by Gasteiger charge is 2.26. The van der Waals surface area contributed by atoms with Crippen molar-refractivity contribution in [3.8, 4) is 5.75 Å². The second-order valence-electron chi connectivity index (χ2n) is 7.36. The molecule has 0 saturated heterocycles. The van der Waals surface area contributed by atoms with E-state index in [1.165, 1.54) is 19.9 Å². The lowest BCUT2D eigenvalue weighted by Crippen LogP contribution is -2.26. The van der Waals surface area contributed by atoms with Crippen LogP contribution in [0.5, 0.6) is 5.75 Å². The van der Waals surface area contributed by atoms with Crippen LogP contribution in [-0.4, -0.2) is 35.4 Å². The van der Waals surface area contributed by atoms with Gasteiger partial charge in [0.05, 0.1) is 0 Å². The third kappa shape index (κ3) is 3.41. The van der Waals surface area contributed by atoms with Crippen molar-refractivity contribution < 1.29 is 24.2 Å². The van der Waals surface area contributed by atoms with Crippen molar-refractivity contribution in [2.45, 2.75) is 26.4 Å². The standard InChI is InChI=1S/C24H21NO5/c1-14(22(27)18-8-10-21-17(13-18)11-12-25(21)15(2)26)30-24(29)20-9-7-16-5-3-4-6-19(16)23(20)28/h3-10,13-14,28H,11-12H2,1-2H3. The van der Waals surface area contributed by atoms with E-state index in [2.05, 4.69) is 0 Å². The third-order valence-corrected chi connectivity index (χ3v) is 5.41. The molecule has 0 fully saturated rings. The van der Waals surface area contributed by atoms with Crippen LogP contribution in [0.3, 0.4) is 0 Å². The molecule has 3 aromatic rings. The Hall–Kier alpha value is -3.67. The fourth-order valence-electron chi connectivity index (χ4n) is 3.81. The third-order valence-electron chi connectivity index (χ3n) is 5.41. The molecule has 0 bridgehead atoms. The number of ether oxygens (including phenoxy) is 1. The zero-order valence-corrected chi connectivity index (χ0v) is 16.7. The van der Waals surface area contributed by atoms with Crippen LogP contribution in [0, 0.1) is 0 Å². The first-order chi connectivity index (χ1) is 14.4. The number of hydrogen-bond acceptors (Lipinski definition) is 5. The number of fused-ring (bicyclic) bond motifs is 2. The molecular weight excluding hydrogens is 382 g/mol. The number of carbonyl (C=O) groups is 3. The van der Waals surface area contributed by atoms with Crippen LogP contribution in [0.25, 0.3) is 10.8 Å². The molecule has 1 aliphatic rings. The quantitative estimate of drug-likeness (QED) is 0.528. The molecule has 6 nitrogen and oxygen atoms in total. The lowest BCUT2D eigenvalue weighted by molar-refractivity contribution is -0.116. The van der Waals surface area contributed by atoms with Gasteiger partial charge < -0.3 is 14.7 Å². The van der Waals surface area contributed by atoms with E-state index in [9.17, 15) is 19.5 Å². The predicted octanol–water partition coefficient (Wildman–Crippen LogP) is 3.88. The highest BCUT2D eigenvalue weighted by molar-refractivity contribution is 6.05. The number of nitrogens with zero attached hydrogens (tertiary/aromatic N) is 1. The summed E-state index contributed by atoms with van der Waals surface area (Å²) in [5.74, 6) is -1.30. The summed E-state index contributed by atoms with van der Waals surface area (Å²) in [6.45, 7) is 3.61. The number of Topliss-reactive ketones (excluding diaryl/α,β-unsaturated/α-hetero) is 1. The van der Waals surface area contributed by atoms with Gasteiger partial charge in [0.1, 0.15) is 11.3 Å². The average molecular weight is 403 g/mol. The molecule has 1 aliphatic heterocycles. The molecule has 30 heavy (non-hydrogen) atoms. The van der Waals surface area contributed by atoms with Crippen LogP contribution in [0.15, 0.2) is 54.6 Å². The summed E-state index contributed by atoms with van der Waals surface area (Å²) in [5, 5.41) is 11.8. The van der Waals surface area contributed by atoms with Crippen molar-refractivity contribution in [1.29, 1.82) is 0 Å². The van der Waals surface area contributed by atoms with E-state index in [1.54, 1.807) is 41.3 Å². The summed E-state index contributed by atoms with van der Waals surface area (Å²) in [4.78, 5) is 38.7. The van der Waals surface area contributed by atoms with Gasteiger partial charge in [0.25, 0.3) is 0 Å². The first-order valence-corrected chi connectivity index (χ1v) is 9.73. The van der Waals surface area contributed by atoms with E-state index < -0.39 is 12.1 Å². The van der Waals surface area contributed by atoms with Gasteiger partial charge in [-0.2, -0.15) is 0 Å².